The zero-order chi connectivity index (χ0) is 13.7. The Kier molecular flexibility index (Phi) is 5.36. The summed E-state index contributed by atoms with van der Waals surface area (Å²) in [5.74, 6) is 0.208. The number of piperazine rings is 1. The molecule has 0 unspecified atom stereocenters. The van der Waals surface area contributed by atoms with Gasteiger partial charge in [-0.25, -0.2) is 0 Å². The standard InChI is InChI=1S/C14H20BrN3O/c15-13-4-2-1-3-12(13)11-14(19)18-9-7-17(6-5-16)8-10-18/h1-4H,5-11,16H2. The maximum atomic E-state index is 12.2. The Morgan fingerprint density at radius 2 is 1.89 bits per heavy atom. The monoisotopic (exact) mass is 325 g/mol. The fourth-order valence-electron chi connectivity index (χ4n) is 2.32. The van der Waals surface area contributed by atoms with E-state index in [-0.39, 0.29) is 5.91 Å². The van der Waals surface area contributed by atoms with Crippen molar-refractivity contribution in [1.29, 1.82) is 0 Å². The van der Waals surface area contributed by atoms with Crippen molar-refractivity contribution in [3.05, 3.63) is 34.3 Å². The van der Waals surface area contributed by atoms with Crippen LogP contribution < -0.4 is 5.73 Å². The highest BCUT2D eigenvalue weighted by molar-refractivity contribution is 9.10. The SMILES string of the molecule is NCCN1CCN(C(=O)Cc2ccccc2Br)CC1. The Hall–Kier alpha value is -0.910. The largest absolute Gasteiger partial charge is 0.340 e. The normalized spacial score (nSPS) is 16.6. The lowest BCUT2D eigenvalue weighted by atomic mass is 10.1. The average Bonchev–Trinajstić information content (AvgIpc) is 2.42. The molecular weight excluding hydrogens is 306 g/mol. The van der Waals surface area contributed by atoms with Gasteiger partial charge in [-0.2, -0.15) is 0 Å². The topological polar surface area (TPSA) is 49.6 Å². The van der Waals surface area contributed by atoms with Gasteiger partial charge in [-0.15, -0.1) is 0 Å². The van der Waals surface area contributed by atoms with E-state index in [0.29, 0.717) is 13.0 Å². The number of amides is 1. The van der Waals surface area contributed by atoms with Gasteiger partial charge < -0.3 is 10.6 Å². The van der Waals surface area contributed by atoms with Gasteiger partial charge in [0, 0.05) is 43.7 Å². The molecule has 104 valence electrons. The summed E-state index contributed by atoms with van der Waals surface area (Å²) >= 11 is 3.49. The first-order chi connectivity index (χ1) is 9.20. The van der Waals surface area contributed by atoms with Crippen LogP contribution in [0.2, 0.25) is 0 Å². The van der Waals surface area contributed by atoms with Gasteiger partial charge in [-0.3, -0.25) is 9.69 Å². The fourth-order valence-corrected chi connectivity index (χ4v) is 2.74. The lowest BCUT2D eigenvalue weighted by Crippen LogP contribution is -2.50. The number of rotatable bonds is 4. The number of nitrogens with two attached hydrogens (primary N) is 1. The minimum atomic E-state index is 0.208. The second-order valence-corrected chi connectivity index (χ2v) is 5.63. The fraction of sp³-hybridized carbons (Fsp3) is 0.500. The minimum Gasteiger partial charge on any atom is -0.340 e. The van der Waals surface area contributed by atoms with E-state index < -0.39 is 0 Å². The number of hydrogen-bond acceptors (Lipinski definition) is 3. The Bertz CT molecular complexity index is 430. The zero-order valence-electron chi connectivity index (χ0n) is 11.0. The van der Waals surface area contributed by atoms with Crippen LogP contribution in [0.5, 0.6) is 0 Å². The van der Waals surface area contributed by atoms with E-state index in [1.54, 1.807) is 0 Å². The first-order valence-corrected chi connectivity index (χ1v) is 7.43. The molecule has 0 saturated carbocycles. The third-order valence-corrected chi connectivity index (χ3v) is 4.24. The van der Waals surface area contributed by atoms with E-state index in [1.165, 1.54) is 0 Å². The molecule has 0 radical (unpaired) electrons. The maximum absolute atomic E-state index is 12.2. The second kappa shape index (κ2) is 7.03. The van der Waals surface area contributed by atoms with E-state index >= 15 is 0 Å². The zero-order valence-corrected chi connectivity index (χ0v) is 12.6. The van der Waals surface area contributed by atoms with Crippen LogP contribution in [0.3, 0.4) is 0 Å². The molecule has 2 N–H and O–H groups in total. The van der Waals surface area contributed by atoms with E-state index in [4.69, 9.17) is 5.73 Å². The third kappa shape index (κ3) is 4.03. The van der Waals surface area contributed by atoms with Crippen molar-refractivity contribution in [3.63, 3.8) is 0 Å². The van der Waals surface area contributed by atoms with Crippen LogP contribution in [-0.2, 0) is 11.2 Å². The molecule has 1 heterocycles. The Morgan fingerprint density at radius 1 is 1.21 bits per heavy atom. The van der Waals surface area contributed by atoms with Crippen molar-refractivity contribution in [2.24, 2.45) is 5.73 Å². The maximum Gasteiger partial charge on any atom is 0.227 e. The number of hydrogen-bond donors (Lipinski definition) is 1. The Balaban J connectivity index is 1.87. The predicted octanol–water partition coefficient (Wildman–Crippen LogP) is 1.09. The second-order valence-electron chi connectivity index (χ2n) is 4.78. The lowest BCUT2D eigenvalue weighted by Gasteiger charge is -2.34. The van der Waals surface area contributed by atoms with Crippen LogP contribution in [0, 0.1) is 0 Å². The van der Waals surface area contributed by atoms with E-state index in [0.717, 1.165) is 42.8 Å². The first-order valence-electron chi connectivity index (χ1n) is 6.64. The molecule has 1 saturated heterocycles. The highest BCUT2D eigenvalue weighted by Gasteiger charge is 2.20. The Labute approximate surface area is 122 Å². The number of carbonyl (C=O) groups is 1. The third-order valence-electron chi connectivity index (χ3n) is 3.47. The number of benzene rings is 1. The van der Waals surface area contributed by atoms with Crippen molar-refractivity contribution < 1.29 is 4.79 Å². The summed E-state index contributed by atoms with van der Waals surface area (Å²) in [6.45, 7) is 5.08. The van der Waals surface area contributed by atoms with Crippen molar-refractivity contribution in [2.45, 2.75) is 6.42 Å². The van der Waals surface area contributed by atoms with Crippen LogP contribution in [0.1, 0.15) is 5.56 Å². The van der Waals surface area contributed by atoms with Gasteiger partial charge in [0.05, 0.1) is 6.42 Å². The van der Waals surface area contributed by atoms with Crippen LogP contribution >= 0.6 is 15.9 Å². The molecule has 4 nitrogen and oxygen atoms in total. The van der Waals surface area contributed by atoms with Gasteiger partial charge in [0.25, 0.3) is 0 Å². The van der Waals surface area contributed by atoms with E-state index in [1.807, 2.05) is 29.2 Å². The molecule has 0 aliphatic carbocycles. The van der Waals surface area contributed by atoms with Gasteiger partial charge in [-0.05, 0) is 11.6 Å². The first kappa shape index (κ1) is 14.5. The van der Waals surface area contributed by atoms with E-state index in [2.05, 4.69) is 20.8 Å². The molecular formula is C14H20BrN3O. The van der Waals surface area contributed by atoms with Gasteiger partial charge in [0.2, 0.25) is 5.91 Å². The van der Waals surface area contributed by atoms with Crippen LogP contribution in [-0.4, -0.2) is 55.0 Å². The van der Waals surface area contributed by atoms with E-state index in [9.17, 15) is 4.79 Å². The minimum absolute atomic E-state index is 0.208. The Morgan fingerprint density at radius 3 is 2.53 bits per heavy atom. The molecule has 0 aromatic heterocycles. The van der Waals surface area contributed by atoms with Crippen LogP contribution in [0.15, 0.2) is 28.7 Å². The van der Waals surface area contributed by atoms with Crippen molar-refractivity contribution >= 4 is 21.8 Å². The predicted molar refractivity (Wildman–Crippen MR) is 79.9 cm³/mol. The lowest BCUT2D eigenvalue weighted by molar-refractivity contribution is -0.132. The molecule has 0 bridgehead atoms. The molecule has 1 aliphatic heterocycles. The summed E-state index contributed by atoms with van der Waals surface area (Å²) < 4.78 is 1.00. The van der Waals surface area contributed by atoms with Gasteiger partial charge in [-0.1, -0.05) is 34.1 Å². The summed E-state index contributed by atoms with van der Waals surface area (Å²) in [6, 6.07) is 7.89. The molecule has 0 spiro atoms. The molecule has 5 heteroatoms. The highest BCUT2D eigenvalue weighted by atomic mass is 79.9. The number of halogens is 1. The summed E-state index contributed by atoms with van der Waals surface area (Å²) in [5.41, 5.74) is 6.60. The number of carbonyl (C=O) groups excluding carboxylic acids is 1. The van der Waals surface area contributed by atoms with Crippen molar-refractivity contribution in [3.8, 4) is 0 Å². The molecule has 1 aromatic carbocycles. The molecule has 0 atom stereocenters. The molecule has 1 aliphatic rings. The molecule has 1 fully saturated rings. The summed E-state index contributed by atoms with van der Waals surface area (Å²) in [5, 5.41) is 0. The summed E-state index contributed by atoms with van der Waals surface area (Å²) in [4.78, 5) is 16.5. The molecule has 1 amide bonds. The van der Waals surface area contributed by atoms with Gasteiger partial charge >= 0.3 is 0 Å². The summed E-state index contributed by atoms with van der Waals surface area (Å²) in [7, 11) is 0. The average molecular weight is 326 g/mol. The number of nitrogens with zero attached hydrogens (tertiary/aromatic N) is 2. The smallest absolute Gasteiger partial charge is 0.227 e. The van der Waals surface area contributed by atoms with Gasteiger partial charge in [0.15, 0.2) is 0 Å². The van der Waals surface area contributed by atoms with Crippen molar-refractivity contribution in [2.75, 3.05) is 39.3 Å². The molecule has 19 heavy (non-hydrogen) atoms. The summed E-state index contributed by atoms with van der Waals surface area (Å²) in [6.07, 6.45) is 0.471. The highest BCUT2D eigenvalue weighted by Crippen LogP contribution is 2.17. The van der Waals surface area contributed by atoms with Crippen LogP contribution in [0.4, 0.5) is 0 Å². The van der Waals surface area contributed by atoms with Crippen LogP contribution in [0.25, 0.3) is 0 Å². The quantitative estimate of drug-likeness (QED) is 0.901. The molecule has 2 rings (SSSR count). The van der Waals surface area contributed by atoms with Crippen molar-refractivity contribution in [1.82, 2.24) is 9.80 Å². The molecule has 1 aromatic rings. The van der Waals surface area contributed by atoms with Gasteiger partial charge in [0.1, 0.15) is 0 Å².